The molecule has 0 aliphatic carbocycles. The number of hydrogen-bond acceptors (Lipinski definition) is 1. The van der Waals surface area contributed by atoms with Gasteiger partial charge in [-0.05, 0) is 18.1 Å². The lowest BCUT2D eigenvalue weighted by molar-refractivity contribution is 0.737. The van der Waals surface area contributed by atoms with Gasteiger partial charge in [0, 0.05) is 23.6 Å². The van der Waals surface area contributed by atoms with Crippen LogP contribution in [0.2, 0.25) is 0 Å². The maximum Gasteiger partial charge on any atom is 0.144 e. The van der Waals surface area contributed by atoms with Crippen molar-refractivity contribution >= 4 is 0 Å². The Morgan fingerprint density at radius 3 is 1.78 bits per heavy atom. The Hall–Kier alpha value is -2.35. The number of rotatable bonds is 2. The molecule has 0 bridgehead atoms. The number of imidazole rings is 1. The third kappa shape index (κ3) is 6.11. The lowest BCUT2D eigenvalue weighted by Gasteiger charge is -2.07. The molecule has 0 radical (unpaired) electrons. The minimum absolute atomic E-state index is 0.833. The molecule has 1 heterocycles. The Kier molecular flexibility index (Phi) is 8.45. The van der Waals surface area contributed by atoms with E-state index in [0.29, 0.717) is 0 Å². The van der Waals surface area contributed by atoms with E-state index in [4.69, 9.17) is 0 Å². The minimum atomic E-state index is 0.833. The summed E-state index contributed by atoms with van der Waals surface area (Å²) in [6, 6.07) is 20.4. The van der Waals surface area contributed by atoms with E-state index >= 15 is 0 Å². The van der Waals surface area contributed by atoms with E-state index < -0.39 is 0 Å². The fourth-order valence-electron chi connectivity index (χ4n) is 1.90. The van der Waals surface area contributed by atoms with Crippen molar-refractivity contribution in [3.05, 3.63) is 73.1 Å². The highest BCUT2D eigenvalue weighted by molar-refractivity contribution is 5.58. The topological polar surface area (TPSA) is 17.8 Å². The van der Waals surface area contributed by atoms with Crippen LogP contribution in [0.25, 0.3) is 17.1 Å². The van der Waals surface area contributed by atoms with E-state index in [-0.39, 0.29) is 0 Å². The molecular weight excluding hydrogens is 280 g/mol. The molecule has 2 nitrogen and oxygen atoms in total. The number of hydrogen-bond donors (Lipinski definition) is 0. The van der Waals surface area contributed by atoms with Crippen molar-refractivity contribution in [1.82, 2.24) is 9.55 Å². The van der Waals surface area contributed by atoms with Crippen LogP contribution in [0.4, 0.5) is 0 Å². The number of aromatic nitrogens is 2. The third-order valence-electron chi connectivity index (χ3n) is 2.71. The van der Waals surface area contributed by atoms with Crippen molar-refractivity contribution in [3.63, 3.8) is 0 Å². The van der Waals surface area contributed by atoms with Gasteiger partial charge in [0.05, 0.1) is 0 Å². The maximum absolute atomic E-state index is 4.43. The molecule has 23 heavy (non-hydrogen) atoms. The summed E-state index contributed by atoms with van der Waals surface area (Å²) in [7, 11) is 0. The standard InChI is InChI=1S/C15H12N2.C4H10.C2H6/c1-3-7-13(8-4-1)15-16-11-12-17(15)14-9-5-2-6-10-14;1-4(2)3;1-2/h1-12H;4H,1-3H3;1-2H3. The first kappa shape index (κ1) is 18.7. The van der Waals surface area contributed by atoms with Gasteiger partial charge in [-0.3, -0.25) is 4.57 Å². The molecule has 0 saturated heterocycles. The van der Waals surface area contributed by atoms with E-state index in [0.717, 1.165) is 23.0 Å². The average molecular weight is 308 g/mol. The molecule has 0 N–H and O–H groups in total. The summed E-state index contributed by atoms with van der Waals surface area (Å²) >= 11 is 0. The molecule has 2 aromatic carbocycles. The monoisotopic (exact) mass is 308 g/mol. The summed E-state index contributed by atoms with van der Waals surface area (Å²) in [4.78, 5) is 4.43. The van der Waals surface area contributed by atoms with E-state index in [1.54, 1.807) is 0 Å². The van der Waals surface area contributed by atoms with E-state index in [1.807, 2.05) is 62.6 Å². The normalized spacial score (nSPS) is 9.48. The lowest BCUT2D eigenvalue weighted by Crippen LogP contribution is -1.95. The van der Waals surface area contributed by atoms with E-state index in [9.17, 15) is 0 Å². The van der Waals surface area contributed by atoms with Crippen molar-refractivity contribution in [2.45, 2.75) is 34.6 Å². The predicted molar refractivity (Wildman–Crippen MR) is 101 cm³/mol. The van der Waals surface area contributed by atoms with Gasteiger partial charge < -0.3 is 0 Å². The van der Waals surface area contributed by atoms with Gasteiger partial charge in [-0.1, -0.05) is 83.1 Å². The van der Waals surface area contributed by atoms with E-state index in [1.165, 1.54) is 0 Å². The van der Waals surface area contributed by atoms with E-state index in [2.05, 4.69) is 54.6 Å². The molecule has 1 aromatic heterocycles. The zero-order valence-corrected chi connectivity index (χ0v) is 14.9. The molecule has 0 spiro atoms. The predicted octanol–water partition coefficient (Wildman–Crippen LogP) is 6.23. The van der Waals surface area contributed by atoms with Gasteiger partial charge in [0.15, 0.2) is 0 Å². The van der Waals surface area contributed by atoms with Crippen LogP contribution in [0.15, 0.2) is 73.1 Å². The van der Waals surface area contributed by atoms with Gasteiger partial charge in [0.1, 0.15) is 5.82 Å². The van der Waals surface area contributed by atoms with Crippen LogP contribution < -0.4 is 0 Å². The van der Waals surface area contributed by atoms with Gasteiger partial charge in [-0.15, -0.1) is 0 Å². The van der Waals surface area contributed by atoms with Crippen molar-refractivity contribution in [2.24, 2.45) is 5.92 Å². The van der Waals surface area contributed by atoms with Crippen molar-refractivity contribution < 1.29 is 0 Å². The molecule has 3 aromatic rings. The Balaban J connectivity index is 0.000000388. The van der Waals surface area contributed by atoms with Gasteiger partial charge in [0.25, 0.3) is 0 Å². The zero-order chi connectivity index (χ0) is 17.1. The molecule has 3 rings (SSSR count). The van der Waals surface area contributed by atoms with Crippen LogP contribution in [0.5, 0.6) is 0 Å². The Morgan fingerprint density at radius 2 is 1.26 bits per heavy atom. The Morgan fingerprint density at radius 1 is 0.783 bits per heavy atom. The third-order valence-corrected chi connectivity index (χ3v) is 2.71. The fourth-order valence-corrected chi connectivity index (χ4v) is 1.90. The highest BCUT2D eigenvalue weighted by Gasteiger charge is 2.05. The van der Waals surface area contributed by atoms with Crippen molar-refractivity contribution in [1.29, 1.82) is 0 Å². The summed E-state index contributed by atoms with van der Waals surface area (Å²) in [6.07, 6.45) is 3.81. The summed E-state index contributed by atoms with van der Waals surface area (Å²) in [6.45, 7) is 10.5. The molecular formula is C21H28N2. The van der Waals surface area contributed by atoms with Crippen LogP contribution in [0, 0.1) is 5.92 Å². The van der Waals surface area contributed by atoms with Crippen LogP contribution >= 0.6 is 0 Å². The molecule has 2 heteroatoms. The summed E-state index contributed by atoms with van der Waals surface area (Å²) < 4.78 is 2.09. The van der Waals surface area contributed by atoms with Crippen molar-refractivity contribution in [3.8, 4) is 17.1 Å². The first-order valence-electron chi connectivity index (χ1n) is 8.32. The maximum atomic E-state index is 4.43. The molecule has 0 fully saturated rings. The van der Waals surface area contributed by atoms with Gasteiger partial charge in [-0.25, -0.2) is 4.98 Å². The fraction of sp³-hybridized carbons (Fsp3) is 0.286. The molecule has 0 amide bonds. The van der Waals surface area contributed by atoms with Crippen LogP contribution in [-0.2, 0) is 0 Å². The summed E-state index contributed by atoms with van der Waals surface area (Å²) in [5.41, 5.74) is 2.25. The average Bonchev–Trinajstić information content (AvgIpc) is 3.07. The second-order valence-corrected chi connectivity index (χ2v) is 5.55. The minimum Gasteiger partial charge on any atom is -0.300 e. The smallest absolute Gasteiger partial charge is 0.144 e. The zero-order valence-electron chi connectivity index (χ0n) is 14.9. The molecule has 0 aliphatic rings. The summed E-state index contributed by atoms with van der Waals surface area (Å²) in [5.74, 6) is 1.80. The molecule has 0 atom stereocenters. The highest BCUT2D eigenvalue weighted by atomic mass is 15.1. The number of benzene rings is 2. The molecule has 122 valence electrons. The SMILES string of the molecule is CC.CC(C)C.c1ccc(-c2nccn2-c2ccccc2)cc1. The van der Waals surface area contributed by atoms with Crippen LogP contribution in [0.3, 0.4) is 0 Å². The van der Waals surface area contributed by atoms with Crippen LogP contribution in [0.1, 0.15) is 34.6 Å². The van der Waals surface area contributed by atoms with Crippen LogP contribution in [-0.4, -0.2) is 9.55 Å². The first-order valence-corrected chi connectivity index (χ1v) is 8.32. The van der Waals surface area contributed by atoms with Gasteiger partial charge >= 0.3 is 0 Å². The lowest BCUT2D eigenvalue weighted by atomic mass is 10.2. The van der Waals surface area contributed by atoms with Gasteiger partial charge in [-0.2, -0.15) is 0 Å². The summed E-state index contributed by atoms with van der Waals surface area (Å²) in [5, 5.41) is 0. The number of nitrogens with zero attached hydrogens (tertiary/aromatic N) is 2. The molecule has 0 aliphatic heterocycles. The first-order chi connectivity index (χ1) is 11.2. The Labute approximate surface area is 140 Å². The highest BCUT2D eigenvalue weighted by Crippen LogP contribution is 2.20. The van der Waals surface area contributed by atoms with Gasteiger partial charge in [0.2, 0.25) is 0 Å². The number of para-hydroxylation sites is 1. The largest absolute Gasteiger partial charge is 0.300 e. The second-order valence-electron chi connectivity index (χ2n) is 5.55. The second kappa shape index (κ2) is 10.4. The molecule has 0 unspecified atom stereocenters. The van der Waals surface area contributed by atoms with Crippen molar-refractivity contribution in [2.75, 3.05) is 0 Å². The molecule has 0 saturated carbocycles. The quantitative estimate of drug-likeness (QED) is 0.549. The Bertz CT molecular complexity index is 583.